The van der Waals surface area contributed by atoms with Crippen molar-refractivity contribution < 1.29 is 9.18 Å². The average Bonchev–Trinajstić information content (AvgIpc) is 3.04. The largest absolute Gasteiger partial charge is 0.319 e. The van der Waals surface area contributed by atoms with Crippen LogP contribution in [0.15, 0.2) is 48.5 Å². The first-order valence-electron chi connectivity index (χ1n) is 6.63. The van der Waals surface area contributed by atoms with Crippen molar-refractivity contribution in [3.8, 4) is 0 Å². The molecule has 0 aliphatic carbocycles. The maximum atomic E-state index is 13.5. The summed E-state index contributed by atoms with van der Waals surface area (Å²) >= 11 is 3.85. The van der Waals surface area contributed by atoms with Crippen molar-refractivity contribution in [2.75, 3.05) is 16.8 Å². The summed E-state index contributed by atoms with van der Waals surface area (Å²) in [7, 11) is 0. The smallest absolute Gasteiger partial charge is 0.255 e. The number of para-hydroxylation sites is 1. The monoisotopic (exact) mass is 319 g/mol. The summed E-state index contributed by atoms with van der Waals surface area (Å²) in [6, 6.07) is 13.7. The molecule has 2 aromatic rings. The van der Waals surface area contributed by atoms with E-state index >= 15 is 0 Å². The van der Waals surface area contributed by atoms with E-state index in [2.05, 4.69) is 5.32 Å². The number of hydrogen-bond donors (Lipinski definition) is 1. The van der Waals surface area contributed by atoms with Crippen LogP contribution in [0, 0.1) is 5.82 Å². The van der Waals surface area contributed by atoms with Gasteiger partial charge in [0.15, 0.2) is 0 Å². The molecule has 0 saturated carbocycles. The molecule has 1 fully saturated rings. The second kappa shape index (κ2) is 6.54. The number of benzene rings is 2. The van der Waals surface area contributed by atoms with E-state index in [-0.39, 0.29) is 11.6 Å². The van der Waals surface area contributed by atoms with Gasteiger partial charge < -0.3 is 5.32 Å². The molecule has 1 aliphatic rings. The average molecular weight is 319 g/mol. The Morgan fingerprint density at radius 1 is 1.05 bits per heavy atom. The third kappa shape index (κ3) is 3.41. The van der Waals surface area contributed by atoms with Crippen LogP contribution >= 0.6 is 23.5 Å². The highest BCUT2D eigenvalue weighted by Gasteiger charge is 2.18. The summed E-state index contributed by atoms with van der Waals surface area (Å²) in [4.78, 5) is 12.1. The lowest BCUT2D eigenvalue weighted by Gasteiger charge is -2.10. The second-order valence-electron chi connectivity index (χ2n) is 4.63. The van der Waals surface area contributed by atoms with E-state index in [0.29, 0.717) is 10.1 Å². The predicted molar refractivity (Wildman–Crippen MR) is 88.5 cm³/mol. The zero-order valence-electron chi connectivity index (χ0n) is 11.2. The maximum absolute atomic E-state index is 13.5. The molecule has 1 N–H and O–H groups in total. The predicted octanol–water partition coefficient (Wildman–Crippen LogP) is 4.56. The zero-order valence-corrected chi connectivity index (χ0v) is 12.8. The van der Waals surface area contributed by atoms with E-state index in [9.17, 15) is 9.18 Å². The highest BCUT2D eigenvalue weighted by atomic mass is 32.2. The number of anilines is 1. The lowest BCUT2D eigenvalue weighted by molar-refractivity contribution is 0.102. The molecule has 1 heterocycles. The van der Waals surface area contributed by atoms with E-state index in [1.807, 2.05) is 35.7 Å². The third-order valence-electron chi connectivity index (χ3n) is 3.19. The van der Waals surface area contributed by atoms with Gasteiger partial charge >= 0.3 is 0 Å². The number of carbonyl (C=O) groups excluding carboxylic acids is 1. The molecule has 0 unspecified atom stereocenters. The van der Waals surface area contributed by atoms with E-state index in [1.54, 1.807) is 30.3 Å². The number of halogens is 1. The van der Waals surface area contributed by atoms with Crippen LogP contribution in [-0.4, -0.2) is 17.4 Å². The fourth-order valence-electron chi connectivity index (χ4n) is 2.10. The van der Waals surface area contributed by atoms with Crippen LogP contribution in [0.2, 0.25) is 0 Å². The molecule has 0 spiro atoms. The SMILES string of the molecule is O=C(Nc1ccccc1F)c1ccc(C2SCCS2)cc1. The van der Waals surface area contributed by atoms with Crippen LogP contribution in [0.5, 0.6) is 0 Å². The highest BCUT2D eigenvalue weighted by Crippen LogP contribution is 2.45. The molecule has 1 aliphatic heterocycles. The van der Waals surface area contributed by atoms with Gasteiger partial charge in [-0.05, 0) is 29.8 Å². The van der Waals surface area contributed by atoms with Gasteiger partial charge in [0, 0.05) is 17.1 Å². The first kappa shape index (κ1) is 14.5. The van der Waals surface area contributed by atoms with Gasteiger partial charge in [-0.3, -0.25) is 4.79 Å². The standard InChI is InChI=1S/C16H14FNOS2/c17-13-3-1-2-4-14(13)18-15(19)11-5-7-12(8-6-11)16-20-9-10-21-16/h1-8,16H,9-10H2,(H,18,19). The van der Waals surface area contributed by atoms with Crippen LogP contribution in [0.1, 0.15) is 20.5 Å². The van der Waals surface area contributed by atoms with Crippen LogP contribution in [0.4, 0.5) is 10.1 Å². The van der Waals surface area contributed by atoms with Crippen molar-refractivity contribution in [1.82, 2.24) is 0 Å². The summed E-state index contributed by atoms with van der Waals surface area (Å²) in [6.45, 7) is 0. The molecule has 5 heteroatoms. The van der Waals surface area contributed by atoms with Crippen LogP contribution in [0.25, 0.3) is 0 Å². The molecule has 2 nitrogen and oxygen atoms in total. The summed E-state index contributed by atoms with van der Waals surface area (Å²) in [6.07, 6.45) is 0. The van der Waals surface area contributed by atoms with Crippen molar-refractivity contribution in [2.45, 2.75) is 4.58 Å². The lowest BCUT2D eigenvalue weighted by Crippen LogP contribution is -2.12. The number of rotatable bonds is 3. The van der Waals surface area contributed by atoms with E-state index in [4.69, 9.17) is 0 Å². The topological polar surface area (TPSA) is 29.1 Å². The minimum absolute atomic E-state index is 0.202. The third-order valence-corrected chi connectivity index (χ3v) is 6.29. The van der Waals surface area contributed by atoms with Gasteiger partial charge in [0.25, 0.3) is 5.91 Å². The molecule has 3 rings (SSSR count). The Morgan fingerprint density at radius 3 is 2.38 bits per heavy atom. The fourth-order valence-corrected chi connectivity index (χ4v) is 4.96. The quantitative estimate of drug-likeness (QED) is 0.899. The number of amides is 1. The van der Waals surface area contributed by atoms with Crippen LogP contribution in [-0.2, 0) is 0 Å². The molecular formula is C16H14FNOS2. The summed E-state index contributed by atoms with van der Waals surface area (Å²) in [5.74, 6) is 1.62. The Hall–Kier alpha value is -1.46. The molecule has 1 amide bonds. The van der Waals surface area contributed by atoms with Gasteiger partial charge in [-0.15, -0.1) is 23.5 Å². The van der Waals surface area contributed by atoms with Crippen molar-refractivity contribution in [3.63, 3.8) is 0 Å². The number of thioether (sulfide) groups is 2. The Bertz CT molecular complexity index is 639. The van der Waals surface area contributed by atoms with Gasteiger partial charge in [-0.2, -0.15) is 0 Å². The lowest BCUT2D eigenvalue weighted by atomic mass is 10.1. The Morgan fingerprint density at radius 2 is 1.71 bits per heavy atom. The first-order valence-corrected chi connectivity index (χ1v) is 8.73. The van der Waals surface area contributed by atoms with Gasteiger partial charge in [-0.1, -0.05) is 24.3 Å². The van der Waals surface area contributed by atoms with Crippen molar-refractivity contribution in [2.24, 2.45) is 0 Å². The van der Waals surface area contributed by atoms with Crippen LogP contribution in [0.3, 0.4) is 0 Å². The fraction of sp³-hybridized carbons (Fsp3) is 0.188. The van der Waals surface area contributed by atoms with Crippen molar-refractivity contribution in [1.29, 1.82) is 0 Å². The number of hydrogen-bond acceptors (Lipinski definition) is 3. The molecular weight excluding hydrogens is 305 g/mol. The van der Waals surface area contributed by atoms with E-state index in [0.717, 1.165) is 0 Å². The van der Waals surface area contributed by atoms with Crippen molar-refractivity contribution >= 4 is 35.1 Å². The molecule has 21 heavy (non-hydrogen) atoms. The van der Waals surface area contributed by atoms with E-state index < -0.39 is 5.82 Å². The minimum atomic E-state index is -0.429. The molecule has 2 aromatic carbocycles. The van der Waals surface area contributed by atoms with Gasteiger partial charge in [0.2, 0.25) is 0 Å². The molecule has 1 saturated heterocycles. The first-order chi connectivity index (χ1) is 10.2. The Balaban J connectivity index is 1.71. The molecule has 108 valence electrons. The number of nitrogens with one attached hydrogen (secondary N) is 1. The molecule has 0 aromatic heterocycles. The second-order valence-corrected chi connectivity index (χ2v) is 7.35. The van der Waals surface area contributed by atoms with E-state index in [1.165, 1.54) is 23.1 Å². The summed E-state index contributed by atoms with van der Waals surface area (Å²) < 4.78 is 14.0. The maximum Gasteiger partial charge on any atom is 0.255 e. The van der Waals surface area contributed by atoms with Crippen molar-refractivity contribution in [3.05, 3.63) is 65.5 Å². The molecule has 0 atom stereocenters. The number of carbonyl (C=O) groups is 1. The molecule has 0 radical (unpaired) electrons. The zero-order chi connectivity index (χ0) is 14.7. The Labute approximate surface area is 131 Å². The van der Waals surface area contributed by atoms with Crippen LogP contribution < -0.4 is 5.32 Å². The minimum Gasteiger partial charge on any atom is -0.319 e. The molecule has 0 bridgehead atoms. The normalized spacial score (nSPS) is 15.1. The van der Waals surface area contributed by atoms with Gasteiger partial charge in [0.1, 0.15) is 5.82 Å². The van der Waals surface area contributed by atoms with Gasteiger partial charge in [-0.25, -0.2) is 4.39 Å². The summed E-state index contributed by atoms with van der Waals surface area (Å²) in [5.41, 5.74) is 1.97. The Kier molecular flexibility index (Phi) is 4.51. The summed E-state index contributed by atoms with van der Waals surface area (Å²) in [5, 5.41) is 2.59. The van der Waals surface area contributed by atoms with Gasteiger partial charge in [0.05, 0.1) is 10.3 Å². The highest BCUT2D eigenvalue weighted by molar-refractivity contribution is 8.19.